The Bertz CT molecular complexity index is 182. The van der Waals surface area contributed by atoms with Crippen LogP contribution in [0, 0.1) is 0 Å². The summed E-state index contributed by atoms with van der Waals surface area (Å²) in [6.45, 7) is 17.1. The number of rotatable bonds is 12. The van der Waals surface area contributed by atoms with Crippen LogP contribution < -0.4 is 0 Å². The second kappa shape index (κ2) is 18.4. The minimum atomic E-state index is 0.501. The molecule has 0 aliphatic rings. The summed E-state index contributed by atoms with van der Waals surface area (Å²) in [6, 6.07) is 0. The zero-order chi connectivity index (χ0) is 15.6. The molecular formula is C18H36O2. The van der Waals surface area contributed by atoms with Gasteiger partial charge in [0, 0.05) is 0 Å². The lowest BCUT2D eigenvalue weighted by atomic mass is 10.1. The van der Waals surface area contributed by atoms with Crippen molar-refractivity contribution in [2.24, 2.45) is 0 Å². The normalized spacial score (nSPS) is 13.0. The van der Waals surface area contributed by atoms with E-state index < -0.39 is 0 Å². The van der Waals surface area contributed by atoms with Crippen LogP contribution in [0.1, 0.15) is 66.2 Å². The molecule has 2 nitrogen and oxygen atoms in total. The highest BCUT2D eigenvalue weighted by Crippen LogP contribution is 2.14. The van der Waals surface area contributed by atoms with Crippen LogP contribution in [0.3, 0.4) is 0 Å². The highest BCUT2D eigenvalue weighted by molar-refractivity contribution is 4.68. The molecule has 0 rings (SSSR count). The van der Waals surface area contributed by atoms with Crippen molar-refractivity contribution < 1.29 is 9.47 Å². The van der Waals surface area contributed by atoms with Gasteiger partial charge in [-0.05, 0) is 25.7 Å². The fourth-order valence-electron chi connectivity index (χ4n) is 1.89. The Hall–Kier alpha value is -0.600. The van der Waals surface area contributed by atoms with Crippen molar-refractivity contribution in [1.29, 1.82) is 0 Å². The Labute approximate surface area is 127 Å². The Morgan fingerprint density at radius 2 is 1.20 bits per heavy atom. The second-order valence-electron chi connectivity index (χ2n) is 4.89. The Morgan fingerprint density at radius 3 is 1.45 bits per heavy atom. The van der Waals surface area contributed by atoms with E-state index >= 15 is 0 Å². The summed E-state index contributed by atoms with van der Waals surface area (Å²) in [5.74, 6) is 0. The van der Waals surface area contributed by atoms with Crippen molar-refractivity contribution in [3.05, 3.63) is 25.3 Å². The van der Waals surface area contributed by atoms with Crippen LogP contribution >= 0.6 is 0 Å². The zero-order valence-corrected chi connectivity index (χ0v) is 14.2. The van der Waals surface area contributed by atoms with E-state index in [1.165, 1.54) is 25.7 Å². The molecule has 0 bridgehead atoms. The molecule has 0 amide bonds. The van der Waals surface area contributed by atoms with E-state index in [1.54, 1.807) is 12.2 Å². The van der Waals surface area contributed by atoms with Gasteiger partial charge in [0.25, 0.3) is 0 Å². The van der Waals surface area contributed by atoms with Crippen molar-refractivity contribution in [1.82, 2.24) is 0 Å². The maximum atomic E-state index is 6.03. The fraction of sp³-hybridized carbons (Fsp3) is 0.778. The van der Waals surface area contributed by atoms with Crippen LogP contribution in [0.4, 0.5) is 0 Å². The summed E-state index contributed by atoms with van der Waals surface area (Å²) in [4.78, 5) is 0. The van der Waals surface area contributed by atoms with E-state index in [0.717, 1.165) is 12.8 Å². The van der Waals surface area contributed by atoms with Crippen LogP contribution in [0.25, 0.3) is 0 Å². The number of hydrogen-bond acceptors (Lipinski definition) is 2. The van der Waals surface area contributed by atoms with Gasteiger partial charge in [0.2, 0.25) is 0 Å². The van der Waals surface area contributed by atoms with Crippen LogP contribution in [0.2, 0.25) is 0 Å². The topological polar surface area (TPSA) is 18.5 Å². The van der Waals surface area contributed by atoms with Crippen molar-refractivity contribution in [2.45, 2.75) is 78.4 Å². The highest BCUT2D eigenvalue weighted by atomic mass is 16.5. The van der Waals surface area contributed by atoms with Gasteiger partial charge in [-0.15, -0.1) is 13.2 Å². The monoisotopic (exact) mass is 284 g/mol. The van der Waals surface area contributed by atoms with Gasteiger partial charge in [-0.1, -0.05) is 52.7 Å². The first-order valence-electron chi connectivity index (χ1n) is 8.14. The second-order valence-corrected chi connectivity index (χ2v) is 4.89. The lowest BCUT2D eigenvalue weighted by Crippen LogP contribution is -2.21. The summed E-state index contributed by atoms with van der Waals surface area (Å²) in [5.41, 5.74) is 0. The van der Waals surface area contributed by atoms with Gasteiger partial charge in [-0.3, -0.25) is 0 Å². The van der Waals surface area contributed by atoms with Crippen molar-refractivity contribution in [3.63, 3.8) is 0 Å². The quantitative estimate of drug-likeness (QED) is 0.346. The third-order valence-electron chi connectivity index (χ3n) is 2.99. The molecule has 0 fully saturated rings. The molecule has 0 saturated heterocycles. The fourth-order valence-corrected chi connectivity index (χ4v) is 1.89. The van der Waals surface area contributed by atoms with Crippen LogP contribution in [-0.4, -0.2) is 25.4 Å². The first kappa shape index (κ1) is 21.7. The molecule has 0 aliphatic carbocycles. The average Bonchev–Trinajstić information content (AvgIpc) is 2.47. The van der Waals surface area contributed by atoms with E-state index in [4.69, 9.17) is 9.47 Å². The first-order valence-corrected chi connectivity index (χ1v) is 8.14. The van der Waals surface area contributed by atoms with Gasteiger partial charge in [-0.25, -0.2) is 0 Å². The molecule has 0 aromatic heterocycles. The standard InChI is InChI=1S/C12H26O.C6H10O/c1-5-9-11(7-3)13-12(8-4)10-6-2;1-3-5-7-6-4-2/h11-12H,5-10H2,1-4H3;3-4H,1-2,5-6H2. The summed E-state index contributed by atoms with van der Waals surface area (Å²) < 4.78 is 10.9. The predicted molar refractivity (Wildman–Crippen MR) is 90.3 cm³/mol. The van der Waals surface area contributed by atoms with Crippen LogP contribution in [0.5, 0.6) is 0 Å². The summed E-state index contributed by atoms with van der Waals surface area (Å²) in [6.07, 6.45) is 11.7. The predicted octanol–water partition coefficient (Wildman–Crippen LogP) is 5.54. The average molecular weight is 284 g/mol. The molecule has 0 saturated carbocycles. The van der Waals surface area contributed by atoms with E-state index in [-0.39, 0.29) is 0 Å². The zero-order valence-electron chi connectivity index (χ0n) is 14.2. The van der Waals surface area contributed by atoms with Crippen molar-refractivity contribution in [3.8, 4) is 0 Å². The molecule has 0 heterocycles. The van der Waals surface area contributed by atoms with E-state index in [9.17, 15) is 0 Å². The highest BCUT2D eigenvalue weighted by Gasteiger charge is 2.11. The van der Waals surface area contributed by atoms with Crippen LogP contribution in [-0.2, 0) is 9.47 Å². The molecule has 0 spiro atoms. The molecule has 0 aromatic carbocycles. The molecule has 0 radical (unpaired) electrons. The Morgan fingerprint density at radius 1 is 0.800 bits per heavy atom. The maximum absolute atomic E-state index is 6.03. The molecule has 2 unspecified atom stereocenters. The van der Waals surface area contributed by atoms with E-state index in [1.807, 2.05) is 0 Å². The molecule has 20 heavy (non-hydrogen) atoms. The smallest absolute Gasteiger partial charge is 0.0649 e. The number of hydrogen-bond donors (Lipinski definition) is 0. The van der Waals surface area contributed by atoms with E-state index in [0.29, 0.717) is 25.4 Å². The van der Waals surface area contributed by atoms with Gasteiger partial charge < -0.3 is 9.47 Å². The summed E-state index contributed by atoms with van der Waals surface area (Å²) >= 11 is 0. The number of ether oxygens (including phenoxy) is 2. The van der Waals surface area contributed by atoms with Gasteiger partial charge in [0.15, 0.2) is 0 Å². The van der Waals surface area contributed by atoms with E-state index in [2.05, 4.69) is 40.9 Å². The van der Waals surface area contributed by atoms with Gasteiger partial charge in [-0.2, -0.15) is 0 Å². The maximum Gasteiger partial charge on any atom is 0.0649 e. The van der Waals surface area contributed by atoms with Crippen molar-refractivity contribution in [2.75, 3.05) is 13.2 Å². The summed E-state index contributed by atoms with van der Waals surface area (Å²) in [7, 11) is 0. The third kappa shape index (κ3) is 15.5. The SMILES string of the molecule is C=CCOCC=C.CCCC(CC)OC(CC)CCC. The third-order valence-corrected chi connectivity index (χ3v) is 2.99. The molecule has 2 atom stereocenters. The lowest BCUT2D eigenvalue weighted by Gasteiger charge is -2.22. The Kier molecular flexibility index (Phi) is 20.0. The molecule has 0 aromatic rings. The van der Waals surface area contributed by atoms with Gasteiger partial charge in [0.05, 0.1) is 25.4 Å². The van der Waals surface area contributed by atoms with Crippen LogP contribution in [0.15, 0.2) is 25.3 Å². The molecular weight excluding hydrogens is 248 g/mol. The molecule has 0 N–H and O–H groups in total. The summed E-state index contributed by atoms with van der Waals surface area (Å²) in [5, 5.41) is 0. The Balaban J connectivity index is 0. The largest absolute Gasteiger partial charge is 0.375 e. The van der Waals surface area contributed by atoms with Gasteiger partial charge in [0.1, 0.15) is 0 Å². The molecule has 0 aliphatic heterocycles. The van der Waals surface area contributed by atoms with Gasteiger partial charge >= 0.3 is 0 Å². The minimum Gasteiger partial charge on any atom is -0.375 e. The molecule has 2 heteroatoms. The minimum absolute atomic E-state index is 0.501. The first-order chi connectivity index (χ1) is 9.69. The molecule has 120 valence electrons. The lowest BCUT2D eigenvalue weighted by molar-refractivity contribution is -0.0241. The van der Waals surface area contributed by atoms with Crippen molar-refractivity contribution >= 4 is 0 Å².